The molecule has 0 radical (unpaired) electrons. The van der Waals surface area contributed by atoms with E-state index < -0.39 is 60.4 Å². The van der Waals surface area contributed by atoms with Crippen molar-refractivity contribution < 1.29 is 69.1 Å². The molecule has 3 aromatic carbocycles. The molecule has 0 heterocycles. The molecule has 0 atom stereocenters. The van der Waals surface area contributed by atoms with Gasteiger partial charge in [0.25, 0.3) is 0 Å². The molecule has 43 heavy (non-hydrogen) atoms. The fourth-order valence-electron chi connectivity index (χ4n) is 3.47. The van der Waals surface area contributed by atoms with E-state index in [-0.39, 0.29) is 14.8 Å². The van der Waals surface area contributed by atoms with Crippen LogP contribution < -0.4 is 0 Å². The number of alkyl halides is 13. The van der Waals surface area contributed by atoms with Crippen molar-refractivity contribution in [2.24, 2.45) is 0 Å². The van der Waals surface area contributed by atoms with Gasteiger partial charge >= 0.3 is 45.2 Å². The molecule has 3 aromatic rings. The van der Waals surface area contributed by atoms with Crippen LogP contribution >= 0.6 is 21.9 Å². The average Bonchev–Trinajstić information content (AvgIpc) is 2.92. The number of benzene rings is 3. The maximum absolute atomic E-state index is 15.0. The first kappa shape index (κ1) is 34.8. The lowest BCUT2D eigenvalue weighted by Gasteiger charge is -2.42. The minimum absolute atomic E-state index is 0.0367. The van der Waals surface area contributed by atoms with Gasteiger partial charge in [-0.05, 0) is 58.8 Å². The van der Waals surface area contributed by atoms with Crippen LogP contribution in [0.3, 0.4) is 0 Å². The smallest absolute Gasteiger partial charge is 0.202 e. The summed E-state index contributed by atoms with van der Waals surface area (Å²) < 4.78 is 209. The van der Waals surface area contributed by atoms with Gasteiger partial charge in [-0.1, -0.05) is 48.0 Å². The summed E-state index contributed by atoms with van der Waals surface area (Å²) in [6.07, 6.45) is -7.66. The van der Waals surface area contributed by atoms with Crippen LogP contribution in [0.2, 0.25) is 5.02 Å². The maximum Gasteiger partial charge on any atom is 0.460 e. The Kier molecular flexibility index (Phi) is 8.92. The SMILES string of the molecule is O=S(=O)(OS(c1ccccc1)(c1ccccc1)c1ccc(Cl)cc1)C(F)(F)C(F)(F)C(F)(F)C(F)(F)C(F)(F)C(F)(F)F. The van der Waals surface area contributed by atoms with E-state index in [1.807, 2.05) is 0 Å². The maximum atomic E-state index is 15.0. The van der Waals surface area contributed by atoms with Crippen molar-refractivity contribution in [1.82, 2.24) is 0 Å². The molecule has 0 fully saturated rings. The molecule has 0 aliphatic heterocycles. The Hall–Kier alpha value is -2.70. The first-order valence-electron chi connectivity index (χ1n) is 11.0. The molecule has 3 nitrogen and oxygen atoms in total. The fourth-order valence-corrected chi connectivity index (χ4v) is 8.81. The molecule has 0 aliphatic rings. The van der Waals surface area contributed by atoms with Crippen molar-refractivity contribution in [3.8, 4) is 0 Å². The van der Waals surface area contributed by atoms with E-state index in [1.54, 1.807) is 0 Å². The highest BCUT2D eigenvalue weighted by Crippen LogP contribution is 2.71. The first-order chi connectivity index (χ1) is 19.4. The monoisotopic (exact) mass is 696 g/mol. The fraction of sp³-hybridized carbons (Fsp3) is 0.250. The van der Waals surface area contributed by atoms with E-state index >= 15 is 8.78 Å². The lowest BCUT2D eigenvalue weighted by molar-refractivity contribution is -0.433. The summed E-state index contributed by atoms with van der Waals surface area (Å²) in [5.41, 5.74) is 0. The summed E-state index contributed by atoms with van der Waals surface area (Å²) in [6.45, 7) is 0. The van der Waals surface area contributed by atoms with E-state index in [4.69, 9.17) is 11.6 Å². The molecular formula is C24H14ClF13O3S2. The van der Waals surface area contributed by atoms with Crippen LogP contribution in [0.1, 0.15) is 0 Å². The normalized spacial score (nSPS) is 14.9. The Morgan fingerprint density at radius 1 is 0.488 bits per heavy atom. The summed E-state index contributed by atoms with van der Waals surface area (Å²) in [4.78, 5) is -1.18. The summed E-state index contributed by atoms with van der Waals surface area (Å²) in [5.74, 6) is -32.8. The van der Waals surface area contributed by atoms with Gasteiger partial charge in [0.15, 0.2) is 0 Å². The van der Waals surface area contributed by atoms with Crippen molar-refractivity contribution in [2.75, 3.05) is 0 Å². The Labute approximate surface area is 240 Å². The van der Waals surface area contributed by atoms with Gasteiger partial charge < -0.3 is 0 Å². The van der Waals surface area contributed by atoms with Crippen molar-refractivity contribution in [3.05, 3.63) is 90.0 Å². The van der Waals surface area contributed by atoms with Gasteiger partial charge in [0.2, 0.25) is 0 Å². The van der Waals surface area contributed by atoms with Crippen molar-refractivity contribution in [2.45, 2.75) is 49.8 Å². The molecule has 238 valence electrons. The highest BCUT2D eigenvalue weighted by molar-refractivity contribution is 8.33. The second-order valence-corrected chi connectivity index (χ2v) is 13.4. The second kappa shape index (κ2) is 11.0. The topological polar surface area (TPSA) is 43.4 Å². The van der Waals surface area contributed by atoms with Crippen LogP contribution in [0.5, 0.6) is 0 Å². The first-order valence-corrected chi connectivity index (χ1v) is 14.4. The average molecular weight is 697 g/mol. The zero-order chi connectivity index (χ0) is 32.9. The highest BCUT2D eigenvalue weighted by Gasteiger charge is 2.93. The molecule has 0 spiro atoms. The minimum Gasteiger partial charge on any atom is -0.202 e. The molecule has 0 aliphatic carbocycles. The van der Waals surface area contributed by atoms with Crippen LogP contribution in [0.4, 0.5) is 57.1 Å². The minimum atomic E-state index is -8.34. The van der Waals surface area contributed by atoms with Gasteiger partial charge in [0.05, 0.1) is 0 Å². The van der Waals surface area contributed by atoms with E-state index in [9.17, 15) is 56.7 Å². The third-order valence-electron chi connectivity index (χ3n) is 5.71. The van der Waals surface area contributed by atoms with E-state index in [2.05, 4.69) is 3.63 Å². The summed E-state index contributed by atoms with van der Waals surface area (Å²) in [7, 11) is -12.0. The Balaban J connectivity index is 2.32. The largest absolute Gasteiger partial charge is 0.460 e. The summed E-state index contributed by atoms with van der Waals surface area (Å²) >= 11 is 5.82. The summed E-state index contributed by atoms with van der Waals surface area (Å²) in [6, 6.07) is 15.6. The quantitative estimate of drug-likeness (QED) is 0.198. The Bertz CT molecular complexity index is 1490. The molecule has 0 aromatic heterocycles. The zero-order valence-electron chi connectivity index (χ0n) is 20.4. The number of hydrogen-bond acceptors (Lipinski definition) is 3. The van der Waals surface area contributed by atoms with Gasteiger partial charge in [-0.25, -0.2) is 3.63 Å². The molecule has 0 saturated carbocycles. The van der Waals surface area contributed by atoms with Crippen LogP contribution in [0, 0.1) is 0 Å². The molecule has 0 N–H and O–H groups in total. The van der Waals surface area contributed by atoms with Crippen molar-refractivity contribution >= 4 is 32.0 Å². The standard InChI is InChI=1S/C24H14ClF13O3S2/c25-15-11-13-18(14-12-15)42(16-7-3-1-4-8-16,17-9-5-2-6-10-17)41-43(39,40)24(37,38)22(32,33)20(28,29)19(26,27)21(30,31)23(34,35)36/h1-14H. The van der Waals surface area contributed by atoms with Gasteiger partial charge in [0, 0.05) is 19.7 Å². The molecule has 0 amide bonds. The van der Waals surface area contributed by atoms with Crippen LogP contribution in [0.15, 0.2) is 99.6 Å². The Morgan fingerprint density at radius 3 is 1.21 bits per heavy atom. The molecular weight excluding hydrogens is 683 g/mol. The molecule has 0 bridgehead atoms. The number of hydrogen-bond donors (Lipinski definition) is 0. The predicted molar refractivity (Wildman–Crippen MR) is 128 cm³/mol. The lowest BCUT2D eigenvalue weighted by atomic mass is 9.98. The van der Waals surface area contributed by atoms with Crippen molar-refractivity contribution in [1.29, 1.82) is 0 Å². The molecule has 19 heteroatoms. The van der Waals surface area contributed by atoms with Crippen molar-refractivity contribution in [3.63, 3.8) is 0 Å². The van der Waals surface area contributed by atoms with Gasteiger partial charge in [-0.15, -0.1) is 0 Å². The summed E-state index contributed by atoms with van der Waals surface area (Å²) in [5, 5.41) is -7.59. The van der Waals surface area contributed by atoms with Crippen LogP contribution in [-0.2, 0) is 13.7 Å². The second-order valence-electron chi connectivity index (χ2n) is 8.47. The van der Waals surface area contributed by atoms with Gasteiger partial charge in [0.1, 0.15) is 0 Å². The predicted octanol–water partition coefficient (Wildman–Crippen LogP) is 9.58. The van der Waals surface area contributed by atoms with Gasteiger partial charge in [-0.2, -0.15) is 65.5 Å². The van der Waals surface area contributed by atoms with E-state index in [0.29, 0.717) is 0 Å². The highest BCUT2D eigenvalue weighted by atomic mass is 35.5. The third-order valence-corrected chi connectivity index (χ3v) is 11.2. The Morgan fingerprint density at radius 2 is 0.837 bits per heavy atom. The van der Waals surface area contributed by atoms with Crippen LogP contribution in [0.25, 0.3) is 0 Å². The third kappa shape index (κ3) is 5.33. The lowest BCUT2D eigenvalue weighted by Crippen LogP contribution is -2.71. The van der Waals surface area contributed by atoms with Crippen LogP contribution in [-0.4, -0.2) is 43.5 Å². The molecule has 0 saturated heterocycles. The number of halogens is 14. The molecule has 3 rings (SSSR count). The van der Waals surface area contributed by atoms with Gasteiger partial charge in [-0.3, -0.25) is 0 Å². The van der Waals surface area contributed by atoms with E-state index in [0.717, 1.165) is 48.5 Å². The molecule has 0 unspecified atom stereocenters. The number of rotatable bonds is 10. The van der Waals surface area contributed by atoms with E-state index in [1.165, 1.54) is 36.4 Å². The zero-order valence-corrected chi connectivity index (χ0v) is 22.8.